The molecule has 1 aliphatic rings. The molecule has 2 N–H and O–H groups in total. The van der Waals surface area contributed by atoms with Crippen LogP contribution in [0.2, 0.25) is 0 Å². The van der Waals surface area contributed by atoms with Gasteiger partial charge < -0.3 is 10.0 Å². The summed E-state index contributed by atoms with van der Waals surface area (Å²) in [5.74, 6) is -3.96. The fourth-order valence-electron chi connectivity index (χ4n) is 2.66. The van der Waals surface area contributed by atoms with Crippen LogP contribution in [-0.2, 0) is 16.2 Å². The van der Waals surface area contributed by atoms with Crippen molar-refractivity contribution in [1.29, 1.82) is 0 Å². The number of anilines is 1. The molecule has 1 saturated heterocycles. The van der Waals surface area contributed by atoms with E-state index in [0.717, 1.165) is 6.07 Å². The summed E-state index contributed by atoms with van der Waals surface area (Å²) in [4.78, 5) is 1.08. The van der Waals surface area contributed by atoms with E-state index in [4.69, 9.17) is 0 Å². The van der Waals surface area contributed by atoms with Crippen LogP contribution in [0.15, 0.2) is 41.3 Å². The van der Waals surface area contributed by atoms with E-state index in [-0.39, 0.29) is 0 Å². The van der Waals surface area contributed by atoms with Crippen LogP contribution in [0.4, 0.5) is 27.6 Å². The van der Waals surface area contributed by atoms with E-state index in [1.807, 2.05) is 0 Å². The topological polar surface area (TPSA) is 69.6 Å². The molecule has 0 aliphatic carbocycles. The molecule has 2 aromatic rings. The summed E-state index contributed by atoms with van der Waals surface area (Å²) in [5.41, 5.74) is -1.87. The maximum Gasteiger partial charge on any atom is 0.419 e. The Morgan fingerprint density at radius 3 is 2.00 bits per heavy atom. The van der Waals surface area contributed by atoms with E-state index in [0.29, 0.717) is 30.3 Å². The van der Waals surface area contributed by atoms with Crippen LogP contribution in [-0.4, -0.2) is 38.6 Å². The first kappa shape index (κ1) is 22.9. The molecule has 1 heterocycles. The van der Waals surface area contributed by atoms with E-state index in [2.05, 4.69) is 11.9 Å². The van der Waals surface area contributed by atoms with Gasteiger partial charge in [-0.1, -0.05) is 6.07 Å². The third kappa shape index (κ3) is 6.04. The van der Waals surface area contributed by atoms with Crippen LogP contribution >= 0.6 is 0 Å². The van der Waals surface area contributed by atoms with Crippen molar-refractivity contribution in [3.05, 3.63) is 53.6 Å². The third-order valence-electron chi connectivity index (χ3n) is 4.07. The summed E-state index contributed by atoms with van der Waals surface area (Å²) in [6, 6.07) is 4.00. The number of aromatic hydroxyl groups is 1. The number of alkyl halides is 3. The maximum absolute atomic E-state index is 13.5. The first-order valence-corrected chi connectivity index (χ1v) is 9.95. The van der Waals surface area contributed by atoms with E-state index in [9.17, 15) is 35.5 Å². The van der Waals surface area contributed by atoms with Crippen LogP contribution in [0, 0.1) is 11.6 Å². The number of phenolic OH excluding ortho intramolecular Hbond substituents is 1. The average Bonchev–Trinajstić information content (AvgIpc) is 3.04. The van der Waals surface area contributed by atoms with E-state index in [1.54, 1.807) is 4.72 Å². The standard InChI is InChI=1S/C13H8F5NO3S.C5H11N/c14-9-2-1-3-10(15)12(9)23(21,22)19-7-4-5-8(11(20)6-7)13(16,17)18;1-6-4-2-3-5-6/h1-6,19-20H;2-5H2,1H3. The number of halogens is 5. The maximum atomic E-state index is 13.5. The molecule has 1 aliphatic heterocycles. The Kier molecular flexibility index (Phi) is 7.06. The lowest BCUT2D eigenvalue weighted by Gasteiger charge is -2.12. The highest BCUT2D eigenvalue weighted by Crippen LogP contribution is 2.37. The van der Waals surface area contributed by atoms with Gasteiger partial charge in [0.05, 0.1) is 11.3 Å². The van der Waals surface area contributed by atoms with E-state index < -0.39 is 49.7 Å². The predicted molar refractivity (Wildman–Crippen MR) is 97.0 cm³/mol. The summed E-state index contributed by atoms with van der Waals surface area (Å²) in [6.07, 6.45) is -2.01. The van der Waals surface area contributed by atoms with Gasteiger partial charge in [-0.25, -0.2) is 17.2 Å². The second-order valence-electron chi connectivity index (χ2n) is 6.40. The average molecular weight is 438 g/mol. The molecule has 0 unspecified atom stereocenters. The van der Waals surface area contributed by atoms with Crippen molar-refractivity contribution in [3.8, 4) is 5.75 Å². The quantitative estimate of drug-likeness (QED) is 0.705. The van der Waals surface area contributed by atoms with Gasteiger partial charge in [-0.15, -0.1) is 0 Å². The van der Waals surface area contributed by atoms with Crippen molar-refractivity contribution >= 4 is 15.7 Å². The summed E-state index contributed by atoms with van der Waals surface area (Å²) in [7, 11) is -2.56. The van der Waals surface area contributed by atoms with Crippen molar-refractivity contribution in [3.63, 3.8) is 0 Å². The summed E-state index contributed by atoms with van der Waals surface area (Å²) in [6.45, 7) is 2.64. The lowest BCUT2D eigenvalue weighted by atomic mass is 10.2. The highest BCUT2D eigenvalue weighted by Gasteiger charge is 2.34. The molecule has 0 spiro atoms. The zero-order chi connectivity index (χ0) is 21.8. The fourth-order valence-corrected chi connectivity index (χ4v) is 3.84. The number of sulfonamides is 1. The Labute approximate surface area is 164 Å². The molecule has 0 saturated carbocycles. The van der Waals surface area contributed by atoms with Gasteiger partial charge in [0.1, 0.15) is 17.4 Å². The number of rotatable bonds is 3. The van der Waals surface area contributed by atoms with Gasteiger partial charge in [0.2, 0.25) is 0 Å². The van der Waals surface area contributed by atoms with Crippen LogP contribution in [0.25, 0.3) is 0 Å². The molecule has 11 heteroatoms. The molecule has 5 nitrogen and oxygen atoms in total. The molecule has 0 atom stereocenters. The number of nitrogens with one attached hydrogen (secondary N) is 1. The minimum atomic E-state index is -4.83. The highest BCUT2D eigenvalue weighted by molar-refractivity contribution is 7.92. The zero-order valence-corrected chi connectivity index (χ0v) is 16.1. The van der Waals surface area contributed by atoms with Gasteiger partial charge in [-0.3, -0.25) is 4.72 Å². The SMILES string of the molecule is CN1CCCC1.O=S(=O)(Nc1ccc(C(F)(F)F)c(O)c1)c1c(F)cccc1F. The Bertz CT molecular complexity index is 938. The van der Waals surface area contributed by atoms with Gasteiger partial charge in [0, 0.05) is 6.07 Å². The minimum Gasteiger partial charge on any atom is -0.507 e. The molecular formula is C18H19F5N2O3S. The first-order chi connectivity index (χ1) is 13.4. The molecule has 29 heavy (non-hydrogen) atoms. The van der Waals surface area contributed by atoms with Crippen LogP contribution in [0.1, 0.15) is 18.4 Å². The van der Waals surface area contributed by atoms with Gasteiger partial charge in [0.15, 0.2) is 4.90 Å². The lowest BCUT2D eigenvalue weighted by molar-refractivity contribution is -0.138. The Balaban J connectivity index is 0.000000426. The van der Waals surface area contributed by atoms with Gasteiger partial charge in [-0.2, -0.15) is 13.2 Å². The fraction of sp³-hybridized carbons (Fsp3) is 0.333. The first-order valence-electron chi connectivity index (χ1n) is 8.47. The normalized spacial score (nSPS) is 15.0. The van der Waals surface area contributed by atoms with Crippen molar-refractivity contribution in [2.45, 2.75) is 23.9 Å². The molecule has 2 aromatic carbocycles. The van der Waals surface area contributed by atoms with Crippen LogP contribution in [0.5, 0.6) is 5.75 Å². The molecule has 3 rings (SSSR count). The molecule has 0 bridgehead atoms. The number of phenols is 1. The van der Waals surface area contributed by atoms with Crippen molar-refractivity contribution in [2.75, 3.05) is 24.9 Å². The Morgan fingerprint density at radius 2 is 1.59 bits per heavy atom. The highest BCUT2D eigenvalue weighted by atomic mass is 32.2. The molecule has 160 valence electrons. The summed E-state index contributed by atoms with van der Waals surface area (Å²) in [5, 5.41) is 9.30. The zero-order valence-electron chi connectivity index (χ0n) is 15.3. The molecule has 0 aromatic heterocycles. The largest absolute Gasteiger partial charge is 0.507 e. The van der Waals surface area contributed by atoms with Gasteiger partial charge in [-0.05, 0) is 57.2 Å². The summed E-state index contributed by atoms with van der Waals surface area (Å²) >= 11 is 0. The van der Waals surface area contributed by atoms with Crippen LogP contribution in [0.3, 0.4) is 0 Å². The van der Waals surface area contributed by atoms with Crippen molar-refractivity contribution < 1.29 is 35.5 Å². The monoisotopic (exact) mass is 438 g/mol. The Hall–Kier alpha value is -2.40. The Morgan fingerprint density at radius 1 is 1.03 bits per heavy atom. The van der Waals surface area contributed by atoms with Gasteiger partial charge >= 0.3 is 6.18 Å². The predicted octanol–water partition coefficient (Wildman–Crippen LogP) is 4.20. The molecule has 0 amide bonds. The number of benzene rings is 2. The van der Waals surface area contributed by atoms with Crippen LogP contribution < -0.4 is 4.72 Å². The number of hydrogen-bond acceptors (Lipinski definition) is 4. The molecule has 1 fully saturated rings. The third-order valence-corrected chi connectivity index (χ3v) is 5.50. The second-order valence-corrected chi connectivity index (χ2v) is 8.02. The van der Waals surface area contributed by atoms with Crippen molar-refractivity contribution in [1.82, 2.24) is 4.90 Å². The number of likely N-dealkylation sites (tertiary alicyclic amines) is 1. The van der Waals surface area contributed by atoms with Gasteiger partial charge in [0.25, 0.3) is 10.0 Å². The van der Waals surface area contributed by atoms with E-state index >= 15 is 0 Å². The molecule has 0 radical (unpaired) electrons. The van der Waals surface area contributed by atoms with Crippen molar-refractivity contribution in [2.24, 2.45) is 0 Å². The minimum absolute atomic E-state index is 0.435. The summed E-state index contributed by atoms with van der Waals surface area (Å²) < 4.78 is 90.0. The number of hydrogen-bond donors (Lipinski definition) is 2. The smallest absolute Gasteiger partial charge is 0.419 e. The number of nitrogens with zero attached hydrogens (tertiary/aromatic N) is 1. The van der Waals surface area contributed by atoms with E-state index in [1.165, 1.54) is 25.9 Å². The lowest BCUT2D eigenvalue weighted by Crippen LogP contribution is -2.16. The molecular weight excluding hydrogens is 419 g/mol. The second kappa shape index (κ2) is 8.95.